The largest absolute Gasteiger partial charge is 0.388 e. The fraction of sp³-hybridized carbons (Fsp3) is 0.818. The Bertz CT molecular complexity index is 272. The summed E-state index contributed by atoms with van der Waals surface area (Å²) in [4.78, 5) is 23.7. The lowest BCUT2D eigenvalue weighted by Gasteiger charge is -2.28. The van der Waals surface area contributed by atoms with Crippen LogP contribution >= 0.6 is 0 Å². The first-order valence-electron chi connectivity index (χ1n) is 5.64. The molecule has 1 saturated carbocycles. The fourth-order valence-corrected chi connectivity index (χ4v) is 2.06. The van der Waals surface area contributed by atoms with E-state index in [0.29, 0.717) is 6.54 Å². The zero-order valence-electron chi connectivity index (χ0n) is 9.95. The van der Waals surface area contributed by atoms with Crippen LogP contribution in [0.1, 0.15) is 32.6 Å². The van der Waals surface area contributed by atoms with E-state index in [2.05, 4.69) is 5.32 Å². The molecule has 0 radical (unpaired) electrons. The number of likely N-dealkylation sites (N-methyl/N-ethyl adjacent to an activating group) is 1. The molecule has 1 aliphatic carbocycles. The third kappa shape index (κ3) is 3.81. The van der Waals surface area contributed by atoms with Crippen LogP contribution < -0.4 is 5.32 Å². The van der Waals surface area contributed by atoms with Crippen molar-refractivity contribution in [1.82, 2.24) is 10.2 Å². The van der Waals surface area contributed by atoms with Crippen molar-refractivity contribution in [1.29, 1.82) is 0 Å². The monoisotopic (exact) mass is 228 g/mol. The van der Waals surface area contributed by atoms with Crippen molar-refractivity contribution in [3.05, 3.63) is 0 Å². The molecule has 0 aromatic carbocycles. The maximum Gasteiger partial charge on any atom is 0.241 e. The highest BCUT2D eigenvalue weighted by atomic mass is 16.3. The summed E-state index contributed by atoms with van der Waals surface area (Å²) in [5, 5.41) is 12.6. The van der Waals surface area contributed by atoms with Crippen LogP contribution in [0.3, 0.4) is 0 Å². The van der Waals surface area contributed by atoms with Gasteiger partial charge < -0.3 is 15.3 Å². The highest BCUT2D eigenvalue weighted by Crippen LogP contribution is 2.29. The molecule has 16 heavy (non-hydrogen) atoms. The Hall–Kier alpha value is -1.10. The number of rotatable bonds is 4. The van der Waals surface area contributed by atoms with Crippen molar-refractivity contribution >= 4 is 11.8 Å². The minimum Gasteiger partial charge on any atom is -0.388 e. The maximum absolute atomic E-state index is 11.6. The molecule has 1 aliphatic rings. The summed E-state index contributed by atoms with van der Waals surface area (Å²) in [5.41, 5.74) is -0.722. The van der Waals surface area contributed by atoms with Gasteiger partial charge in [0.2, 0.25) is 11.8 Å². The molecule has 1 rings (SSSR count). The molecular weight excluding hydrogens is 208 g/mol. The fourth-order valence-electron chi connectivity index (χ4n) is 2.06. The summed E-state index contributed by atoms with van der Waals surface area (Å²) < 4.78 is 0. The molecule has 0 aliphatic heterocycles. The van der Waals surface area contributed by atoms with Crippen LogP contribution in [0.4, 0.5) is 0 Å². The second-order valence-corrected chi connectivity index (χ2v) is 4.59. The summed E-state index contributed by atoms with van der Waals surface area (Å²) in [7, 11) is 1.65. The molecular formula is C11H20N2O3. The van der Waals surface area contributed by atoms with Crippen molar-refractivity contribution in [2.75, 3.05) is 20.1 Å². The van der Waals surface area contributed by atoms with Gasteiger partial charge in [-0.3, -0.25) is 9.59 Å². The van der Waals surface area contributed by atoms with Crippen LogP contribution in [0.2, 0.25) is 0 Å². The SMILES string of the molecule is CC(=O)NCC(=O)N(C)CC1(O)CCCC1. The summed E-state index contributed by atoms with van der Waals surface area (Å²) in [6.07, 6.45) is 3.55. The molecule has 0 saturated heterocycles. The van der Waals surface area contributed by atoms with Gasteiger partial charge in [0.1, 0.15) is 0 Å². The van der Waals surface area contributed by atoms with Crippen LogP contribution in [0.5, 0.6) is 0 Å². The van der Waals surface area contributed by atoms with E-state index >= 15 is 0 Å². The number of nitrogens with one attached hydrogen (secondary N) is 1. The lowest BCUT2D eigenvalue weighted by Crippen LogP contribution is -2.45. The first-order chi connectivity index (χ1) is 7.43. The van der Waals surface area contributed by atoms with Gasteiger partial charge in [0, 0.05) is 20.5 Å². The molecule has 0 aromatic heterocycles. The van der Waals surface area contributed by atoms with Crippen LogP contribution in [0, 0.1) is 0 Å². The number of hydrogen-bond acceptors (Lipinski definition) is 3. The lowest BCUT2D eigenvalue weighted by atomic mass is 10.0. The van der Waals surface area contributed by atoms with E-state index < -0.39 is 5.60 Å². The molecule has 0 bridgehead atoms. The van der Waals surface area contributed by atoms with Gasteiger partial charge in [-0.15, -0.1) is 0 Å². The minimum absolute atomic E-state index is 0.00190. The molecule has 0 heterocycles. The normalized spacial score (nSPS) is 18.2. The standard InChI is InChI=1S/C11H20N2O3/c1-9(14)12-7-10(15)13(2)8-11(16)5-3-4-6-11/h16H,3-8H2,1-2H3,(H,12,14). The Labute approximate surface area is 95.8 Å². The summed E-state index contributed by atoms with van der Waals surface area (Å²) in [6.45, 7) is 1.73. The van der Waals surface area contributed by atoms with Crippen molar-refractivity contribution in [3.8, 4) is 0 Å². The highest BCUT2D eigenvalue weighted by Gasteiger charge is 2.33. The van der Waals surface area contributed by atoms with E-state index in [1.807, 2.05) is 0 Å². The first kappa shape index (κ1) is 13.0. The van der Waals surface area contributed by atoms with Crippen molar-refractivity contribution in [2.45, 2.75) is 38.2 Å². The van der Waals surface area contributed by atoms with Crippen LogP contribution in [-0.4, -0.2) is 47.6 Å². The Morgan fingerprint density at radius 2 is 1.94 bits per heavy atom. The van der Waals surface area contributed by atoms with Crippen LogP contribution in [0.25, 0.3) is 0 Å². The number of aliphatic hydroxyl groups is 1. The Morgan fingerprint density at radius 3 is 2.44 bits per heavy atom. The molecule has 0 aromatic rings. The molecule has 0 atom stereocenters. The summed E-state index contributed by atoms with van der Waals surface area (Å²) in [5.74, 6) is -0.392. The Kier molecular flexibility index (Phi) is 4.29. The molecule has 0 spiro atoms. The predicted octanol–water partition coefficient (Wildman–Crippen LogP) is -0.114. The predicted molar refractivity (Wildman–Crippen MR) is 59.7 cm³/mol. The third-order valence-corrected chi connectivity index (χ3v) is 2.98. The van der Waals surface area contributed by atoms with E-state index in [4.69, 9.17) is 0 Å². The molecule has 2 amide bonds. The first-order valence-corrected chi connectivity index (χ1v) is 5.64. The molecule has 92 valence electrons. The average Bonchev–Trinajstić information content (AvgIpc) is 2.61. The van der Waals surface area contributed by atoms with Crippen LogP contribution in [-0.2, 0) is 9.59 Å². The number of carbonyl (C=O) groups excluding carboxylic acids is 2. The van der Waals surface area contributed by atoms with E-state index in [-0.39, 0.29) is 18.4 Å². The molecule has 2 N–H and O–H groups in total. The van der Waals surface area contributed by atoms with Gasteiger partial charge in [-0.25, -0.2) is 0 Å². The van der Waals surface area contributed by atoms with Crippen molar-refractivity contribution < 1.29 is 14.7 Å². The number of carbonyl (C=O) groups is 2. The molecule has 5 nitrogen and oxygen atoms in total. The second-order valence-electron chi connectivity index (χ2n) is 4.59. The Morgan fingerprint density at radius 1 is 1.38 bits per heavy atom. The van der Waals surface area contributed by atoms with E-state index in [0.717, 1.165) is 25.7 Å². The highest BCUT2D eigenvalue weighted by molar-refractivity contribution is 5.83. The van der Waals surface area contributed by atoms with Gasteiger partial charge in [0.05, 0.1) is 12.1 Å². The van der Waals surface area contributed by atoms with Gasteiger partial charge in [0.25, 0.3) is 0 Å². The number of hydrogen-bond donors (Lipinski definition) is 2. The average molecular weight is 228 g/mol. The zero-order chi connectivity index (χ0) is 12.2. The van der Waals surface area contributed by atoms with Gasteiger partial charge in [-0.2, -0.15) is 0 Å². The van der Waals surface area contributed by atoms with E-state index in [9.17, 15) is 14.7 Å². The summed E-state index contributed by atoms with van der Waals surface area (Å²) >= 11 is 0. The molecule has 1 fully saturated rings. The number of nitrogens with zero attached hydrogens (tertiary/aromatic N) is 1. The zero-order valence-corrected chi connectivity index (χ0v) is 9.95. The van der Waals surface area contributed by atoms with E-state index in [1.54, 1.807) is 7.05 Å². The summed E-state index contributed by atoms with van der Waals surface area (Å²) in [6, 6.07) is 0. The molecule has 5 heteroatoms. The van der Waals surface area contributed by atoms with Gasteiger partial charge in [0.15, 0.2) is 0 Å². The quantitative estimate of drug-likeness (QED) is 0.705. The van der Waals surface area contributed by atoms with Crippen molar-refractivity contribution in [3.63, 3.8) is 0 Å². The maximum atomic E-state index is 11.6. The number of amides is 2. The van der Waals surface area contributed by atoms with E-state index in [1.165, 1.54) is 11.8 Å². The molecule has 0 unspecified atom stereocenters. The Balaban J connectivity index is 2.36. The van der Waals surface area contributed by atoms with Gasteiger partial charge in [-0.05, 0) is 12.8 Å². The van der Waals surface area contributed by atoms with Gasteiger partial charge >= 0.3 is 0 Å². The lowest BCUT2D eigenvalue weighted by molar-refractivity contribution is -0.134. The topological polar surface area (TPSA) is 69.6 Å². The minimum atomic E-state index is -0.722. The van der Waals surface area contributed by atoms with Crippen LogP contribution in [0.15, 0.2) is 0 Å². The third-order valence-electron chi connectivity index (χ3n) is 2.98. The smallest absolute Gasteiger partial charge is 0.241 e. The van der Waals surface area contributed by atoms with Gasteiger partial charge in [-0.1, -0.05) is 12.8 Å². The van der Waals surface area contributed by atoms with Crippen molar-refractivity contribution in [2.24, 2.45) is 0 Å². The second kappa shape index (κ2) is 5.30.